The molecule has 1 heterocycles. The maximum atomic E-state index is 5.65. The molecular formula is C13H21N3O. The van der Waals surface area contributed by atoms with Crippen molar-refractivity contribution < 1.29 is 4.74 Å². The van der Waals surface area contributed by atoms with Gasteiger partial charge < -0.3 is 10.5 Å². The molecule has 17 heavy (non-hydrogen) atoms. The molecule has 1 aliphatic heterocycles. The van der Waals surface area contributed by atoms with Crippen LogP contribution in [0.2, 0.25) is 0 Å². The number of rotatable bonds is 4. The molecular weight excluding hydrogens is 214 g/mol. The predicted octanol–water partition coefficient (Wildman–Crippen LogP) is 0.993. The van der Waals surface area contributed by atoms with E-state index in [1.165, 1.54) is 5.56 Å². The molecule has 1 aromatic rings. The van der Waals surface area contributed by atoms with Crippen molar-refractivity contribution in [3.63, 3.8) is 0 Å². The van der Waals surface area contributed by atoms with Crippen LogP contribution in [0.5, 0.6) is 5.75 Å². The highest BCUT2D eigenvalue weighted by atomic mass is 16.5. The second-order valence-electron chi connectivity index (χ2n) is 4.56. The Labute approximate surface area is 103 Å². The SMILES string of the molecule is COc1ccc(C2C(C)NNC2CCN)cc1. The lowest BCUT2D eigenvalue weighted by Gasteiger charge is -2.21. The molecule has 4 heteroatoms. The number of nitrogens with one attached hydrogen (secondary N) is 2. The lowest BCUT2D eigenvalue weighted by atomic mass is 9.86. The average molecular weight is 235 g/mol. The molecule has 0 amide bonds. The van der Waals surface area contributed by atoms with Crippen LogP contribution in [-0.2, 0) is 0 Å². The van der Waals surface area contributed by atoms with Gasteiger partial charge in [0.15, 0.2) is 0 Å². The second kappa shape index (κ2) is 5.49. The molecule has 0 radical (unpaired) electrons. The summed E-state index contributed by atoms with van der Waals surface area (Å²) in [6.45, 7) is 2.90. The van der Waals surface area contributed by atoms with Crippen molar-refractivity contribution in [2.24, 2.45) is 5.73 Å². The highest BCUT2D eigenvalue weighted by Crippen LogP contribution is 2.29. The summed E-state index contributed by atoms with van der Waals surface area (Å²) in [7, 11) is 1.69. The summed E-state index contributed by atoms with van der Waals surface area (Å²) in [5, 5.41) is 0. The summed E-state index contributed by atoms with van der Waals surface area (Å²) in [5.41, 5.74) is 13.6. The van der Waals surface area contributed by atoms with E-state index in [0.717, 1.165) is 12.2 Å². The molecule has 1 aliphatic rings. The summed E-state index contributed by atoms with van der Waals surface area (Å²) < 4.78 is 5.18. The molecule has 94 valence electrons. The van der Waals surface area contributed by atoms with E-state index in [2.05, 4.69) is 29.9 Å². The maximum absolute atomic E-state index is 5.65. The van der Waals surface area contributed by atoms with Gasteiger partial charge in [-0.05, 0) is 37.6 Å². The predicted molar refractivity (Wildman–Crippen MR) is 68.9 cm³/mol. The average Bonchev–Trinajstić information content (AvgIpc) is 2.71. The summed E-state index contributed by atoms with van der Waals surface area (Å²) in [6.07, 6.45) is 0.980. The molecule has 0 spiro atoms. The molecule has 1 aromatic carbocycles. The van der Waals surface area contributed by atoms with Gasteiger partial charge in [-0.25, -0.2) is 0 Å². The number of methoxy groups -OCH3 is 1. The van der Waals surface area contributed by atoms with Crippen LogP contribution in [0.25, 0.3) is 0 Å². The summed E-state index contributed by atoms with van der Waals surface area (Å²) in [5.74, 6) is 1.36. The highest BCUT2D eigenvalue weighted by Gasteiger charge is 2.33. The van der Waals surface area contributed by atoms with E-state index >= 15 is 0 Å². The second-order valence-corrected chi connectivity index (χ2v) is 4.56. The van der Waals surface area contributed by atoms with E-state index in [1.54, 1.807) is 7.11 Å². The number of hydrogen-bond donors (Lipinski definition) is 3. The first-order valence-electron chi connectivity index (χ1n) is 6.11. The van der Waals surface area contributed by atoms with E-state index in [0.29, 0.717) is 24.5 Å². The smallest absolute Gasteiger partial charge is 0.118 e. The normalized spacial score (nSPS) is 28.3. The Kier molecular flexibility index (Phi) is 3.99. The van der Waals surface area contributed by atoms with E-state index in [9.17, 15) is 0 Å². The van der Waals surface area contributed by atoms with Crippen molar-refractivity contribution in [2.45, 2.75) is 31.3 Å². The summed E-state index contributed by atoms with van der Waals surface area (Å²) in [6, 6.07) is 9.12. The van der Waals surface area contributed by atoms with Crippen LogP contribution in [0.3, 0.4) is 0 Å². The van der Waals surface area contributed by atoms with Crippen molar-refractivity contribution in [1.82, 2.24) is 10.9 Å². The molecule has 0 bridgehead atoms. The monoisotopic (exact) mass is 235 g/mol. The van der Waals surface area contributed by atoms with Crippen LogP contribution >= 0.6 is 0 Å². The van der Waals surface area contributed by atoms with Gasteiger partial charge in [0.25, 0.3) is 0 Å². The number of hydrazine groups is 1. The van der Waals surface area contributed by atoms with E-state index in [1.807, 2.05) is 12.1 Å². The first kappa shape index (κ1) is 12.4. The van der Waals surface area contributed by atoms with Crippen LogP contribution in [0, 0.1) is 0 Å². The molecule has 2 rings (SSSR count). The van der Waals surface area contributed by atoms with Crippen molar-refractivity contribution in [2.75, 3.05) is 13.7 Å². The Bertz CT molecular complexity index is 350. The highest BCUT2D eigenvalue weighted by molar-refractivity contribution is 5.31. The van der Waals surface area contributed by atoms with E-state index < -0.39 is 0 Å². The molecule has 3 atom stereocenters. The van der Waals surface area contributed by atoms with Gasteiger partial charge in [-0.15, -0.1) is 0 Å². The van der Waals surface area contributed by atoms with Crippen LogP contribution in [-0.4, -0.2) is 25.7 Å². The van der Waals surface area contributed by atoms with Gasteiger partial charge in [0, 0.05) is 18.0 Å². The molecule has 4 nitrogen and oxygen atoms in total. The molecule has 0 aromatic heterocycles. The third-order valence-corrected chi connectivity index (χ3v) is 3.45. The van der Waals surface area contributed by atoms with Crippen LogP contribution in [0.15, 0.2) is 24.3 Å². The number of nitrogens with two attached hydrogens (primary N) is 1. The molecule has 0 aliphatic carbocycles. The lowest BCUT2D eigenvalue weighted by Crippen LogP contribution is -2.33. The van der Waals surface area contributed by atoms with Gasteiger partial charge in [0.1, 0.15) is 5.75 Å². The Morgan fingerprint density at radius 1 is 1.24 bits per heavy atom. The van der Waals surface area contributed by atoms with Gasteiger partial charge >= 0.3 is 0 Å². The Hall–Kier alpha value is -1.10. The molecule has 3 unspecified atom stereocenters. The van der Waals surface area contributed by atoms with Gasteiger partial charge in [-0.1, -0.05) is 12.1 Å². The van der Waals surface area contributed by atoms with Gasteiger partial charge in [0.2, 0.25) is 0 Å². The maximum Gasteiger partial charge on any atom is 0.118 e. The Morgan fingerprint density at radius 2 is 1.94 bits per heavy atom. The third-order valence-electron chi connectivity index (χ3n) is 3.45. The summed E-state index contributed by atoms with van der Waals surface area (Å²) in [4.78, 5) is 0. The zero-order chi connectivity index (χ0) is 12.3. The topological polar surface area (TPSA) is 59.3 Å². The third kappa shape index (κ3) is 2.60. The minimum absolute atomic E-state index is 0.406. The number of benzene rings is 1. The van der Waals surface area contributed by atoms with Crippen molar-refractivity contribution in [3.05, 3.63) is 29.8 Å². The lowest BCUT2D eigenvalue weighted by molar-refractivity contribution is 0.414. The van der Waals surface area contributed by atoms with E-state index in [-0.39, 0.29) is 0 Å². The quantitative estimate of drug-likeness (QED) is 0.728. The number of hydrogen-bond acceptors (Lipinski definition) is 4. The first-order chi connectivity index (χ1) is 8.26. The first-order valence-corrected chi connectivity index (χ1v) is 6.11. The van der Waals surface area contributed by atoms with Crippen molar-refractivity contribution in [3.8, 4) is 5.75 Å². The standard InChI is InChI=1S/C13H21N3O/c1-9-13(12(7-8-14)16-15-9)10-3-5-11(17-2)6-4-10/h3-6,9,12-13,15-16H,7-8,14H2,1-2H3. The van der Waals surface area contributed by atoms with Gasteiger partial charge in [0.05, 0.1) is 7.11 Å². The fourth-order valence-corrected chi connectivity index (χ4v) is 2.54. The Morgan fingerprint density at radius 3 is 2.53 bits per heavy atom. The van der Waals surface area contributed by atoms with E-state index in [4.69, 9.17) is 10.5 Å². The van der Waals surface area contributed by atoms with Gasteiger partial charge in [-0.2, -0.15) is 0 Å². The van der Waals surface area contributed by atoms with Crippen LogP contribution < -0.4 is 21.3 Å². The van der Waals surface area contributed by atoms with Crippen LogP contribution in [0.4, 0.5) is 0 Å². The largest absolute Gasteiger partial charge is 0.497 e. The zero-order valence-corrected chi connectivity index (χ0v) is 10.4. The van der Waals surface area contributed by atoms with Crippen molar-refractivity contribution in [1.29, 1.82) is 0 Å². The zero-order valence-electron chi connectivity index (χ0n) is 10.4. The fraction of sp³-hybridized carbons (Fsp3) is 0.538. The van der Waals surface area contributed by atoms with Crippen molar-refractivity contribution >= 4 is 0 Å². The minimum atomic E-state index is 0.406. The Balaban J connectivity index is 2.17. The van der Waals surface area contributed by atoms with Crippen LogP contribution in [0.1, 0.15) is 24.8 Å². The van der Waals surface area contributed by atoms with Gasteiger partial charge in [-0.3, -0.25) is 10.9 Å². The molecule has 4 N–H and O–H groups in total. The molecule has 1 fully saturated rings. The molecule has 0 saturated carbocycles. The molecule has 1 saturated heterocycles. The minimum Gasteiger partial charge on any atom is -0.497 e. The number of ether oxygens (including phenoxy) is 1. The summed E-state index contributed by atoms with van der Waals surface area (Å²) >= 11 is 0. The fourth-order valence-electron chi connectivity index (χ4n) is 2.54.